The Morgan fingerprint density at radius 1 is 1.59 bits per heavy atom. The van der Waals surface area contributed by atoms with Crippen LogP contribution >= 0.6 is 11.6 Å². The van der Waals surface area contributed by atoms with Gasteiger partial charge < -0.3 is 15.2 Å². The molecule has 1 atom stereocenters. The first-order valence-corrected chi connectivity index (χ1v) is 6.29. The highest BCUT2D eigenvalue weighted by Crippen LogP contribution is 2.39. The third-order valence-electron chi connectivity index (χ3n) is 3.36. The van der Waals surface area contributed by atoms with Crippen molar-refractivity contribution in [3.63, 3.8) is 0 Å². The number of hydrogen-bond acceptors (Lipinski definition) is 3. The average Bonchev–Trinajstić information content (AvgIpc) is 2.82. The van der Waals surface area contributed by atoms with Gasteiger partial charge in [-0.15, -0.1) is 0 Å². The highest BCUT2D eigenvalue weighted by molar-refractivity contribution is 6.33. The van der Waals surface area contributed by atoms with Gasteiger partial charge in [-0.25, -0.2) is 0 Å². The second-order valence-corrected chi connectivity index (χ2v) is 4.91. The van der Waals surface area contributed by atoms with E-state index in [9.17, 15) is 5.11 Å². The van der Waals surface area contributed by atoms with E-state index in [1.165, 1.54) is 20.0 Å². The van der Waals surface area contributed by atoms with Gasteiger partial charge in [0.1, 0.15) is 0 Å². The monoisotopic (exact) mass is 255 g/mol. The van der Waals surface area contributed by atoms with Crippen molar-refractivity contribution in [1.82, 2.24) is 5.32 Å². The predicted molar refractivity (Wildman–Crippen MR) is 69.1 cm³/mol. The van der Waals surface area contributed by atoms with E-state index < -0.39 is 0 Å². The fraction of sp³-hybridized carbons (Fsp3) is 0.538. The molecule has 1 aliphatic rings. The molecule has 1 saturated heterocycles. The predicted octanol–water partition coefficient (Wildman–Crippen LogP) is 2.66. The van der Waals surface area contributed by atoms with E-state index in [2.05, 4.69) is 5.32 Å². The van der Waals surface area contributed by atoms with E-state index in [0.717, 1.165) is 24.1 Å². The highest BCUT2D eigenvalue weighted by Gasteiger charge is 2.20. The van der Waals surface area contributed by atoms with Crippen LogP contribution < -0.4 is 10.1 Å². The SMILES string of the molecule is COc1cc(C)c(CC2CCCN2)c(Cl)c1O. The first-order valence-electron chi connectivity index (χ1n) is 5.91. The number of rotatable bonds is 3. The number of methoxy groups -OCH3 is 1. The van der Waals surface area contributed by atoms with Gasteiger partial charge in [-0.1, -0.05) is 11.6 Å². The Hall–Kier alpha value is -0.930. The van der Waals surface area contributed by atoms with E-state index in [-0.39, 0.29) is 5.75 Å². The summed E-state index contributed by atoms with van der Waals surface area (Å²) in [4.78, 5) is 0. The van der Waals surface area contributed by atoms with Crippen LogP contribution in [0.25, 0.3) is 0 Å². The molecule has 0 aliphatic carbocycles. The number of nitrogens with one attached hydrogen (secondary N) is 1. The summed E-state index contributed by atoms with van der Waals surface area (Å²) in [6.07, 6.45) is 3.24. The molecule has 1 unspecified atom stereocenters. The Morgan fingerprint density at radius 3 is 2.94 bits per heavy atom. The first-order chi connectivity index (χ1) is 8.13. The third-order valence-corrected chi connectivity index (χ3v) is 3.77. The molecule has 94 valence electrons. The van der Waals surface area contributed by atoms with Gasteiger partial charge in [-0.05, 0) is 49.9 Å². The van der Waals surface area contributed by atoms with Crippen molar-refractivity contribution >= 4 is 11.6 Å². The smallest absolute Gasteiger partial charge is 0.177 e. The van der Waals surface area contributed by atoms with Crippen molar-refractivity contribution in [2.75, 3.05) is 13.7 Å². The maximum absolute atomic E-state index is 9.90. The third kappa shape index (κ3) is 2.50. The normalized spacial score (nSPS) is 19.6. The molecule has 0 aromatic heterocycles. The number of phenols is 1. The van der Waals surface area contributed by atoms with Crippen LogP contribution in [-0.4, -0.2) is 24.8 Å². The molecular formula is C13H18ClNO2. The molecule has 2 N–H and O–H groups in total. The molecule has 1 aliphatic heterocycles. The molecule has 0 bridgehead atoms. The van der Waals surface area contributed by atoms with Crippen molar-refractivity contribution in [2.24, 2.45) is 0 Å². The lowest BCUT2D eigenvalue weighted by Gasteiger charge is -2.16. The van der Waals surface area contributed by atoms with Gasteiger partial charge in [0.25, 0.3) is 0 Å². The quantitative estimate of drug-likeness (QED) is 0.873. The molecule has 0 amide bonds. The summed E-state index contributed by atoms with van der Waals surface area (Å²) in [5.41, 5.74) is 2.09. The maximum Gasteiger partial charge on any atom is 0.177 e. The van der Waals surface area contributed by atoms with Gasteiger partial charge in [0, 0.05) is 6.04 Å². The van der Waals surface area contributed by atoms with Crippen LogP contribution in [0.3, 0.4) is 0 Å². The molecule has 0 radical (unpaired) electrons. The van der Waals surface area contributed by atoms with Crippen LogP contribution in [0.1, 0.15) is 24.0 Å². The molecule has 2 rings (SSSR count). The lowest BCUT2D eigenvalue weighted by molar-refractivity contribution is 0.372. The number of halogens is 1. The molecule has 17 heavy (non-hydrogen) atoms. The minimum absolute atomic E-state index is 0.0489. The zero-order valence-corrected chi connectivity index (χ0v) is 11.0. The van der Waals surface area contributed by atoms with Crippen molar-refractivity contribution < 1.29 is 9.84 Å². The van der Waals surface area contributed by atoms with Crippen molar-refractivity contribution in [3.8, 4) is 11.5 Å². The topological polar surface area (TPSA) is 41.5 Å². The maximum atomic E-state index is 9.90. The molecule has 1 heterocycles. The zero-order valence-electron chi connectivity index (χ0n) is 10.2. The van der Waals surface area contributed by atoms with Gasteiger partial charge in [-0.2, -0.15) is 0 Å². The highest BCUT2D eigenvalue weighted by atomic mass is 35.5. The Labute approximate surface area is 107 Å². The summed E-state index contributed by atoms with van der Waals surface area (Å²) in [5.74, 6) is 0.489. The van der Waals surface area contributed by atoms with Crippen molar-refractivity contribution in [3.05, 3.63) is 22.2 Å². The number of hydrogen-bond donors (Lipinski definition) is 2. The van der Waals surface area contributed by atoms with Crippen LogP contribution in [-0.2, 0) is 6.42 Å². The standard InChI is InChI=1S/C13H18ClNO2/c1-8-6-11(17-2)13(16)12(14)10(8)7-9-4-3-5-15-9/h6,9,15-16H,3-5,7H2,1-2H3. The second kappa shape index (κ2) is 5.15. The van der Waals surface area contributed by atoms with Crippen LogP contribution in [0.4, 0.5) is 0 Å². The van der Waals surface area contributed by atoms with E-state index in [0.29, 0.717) is 16.8 Å². The Bertz CT molecular complexity index is 414. The van der Waals surface area contributed by atoms with E-state index in [4.69, 9.17) is 16.3 Å². The second-order valence-electron chi connectivity index (χ2n) is 4.53. The van der Waals surface area contributed by atoms with Gasteiger partial charge in [0.05, 0.1) is 12.1 Å². The number of phenolic OH excluding ortho intramolecular Hbond substituents is 1. The number of ether oxygens (including phenoxy) is 1. The summed E-state index contributed by atoms with van der Waals surface area (Å²) >= 11 is 6.20. The first kappa shape index (κ1) is 12.5. The minimum atomic E-state index is 0.0489. The summed E-state index contributed by atoms with van der Waals surface area (Å²) in [6.45, 7) is 3.07. The van der Waals surface area contributed by atoms with Crippen LogP contribution in [0, 0.1) is 6.92 Å². The molecule has 1 aromatic carbocycles. The van der Waals surface area contributed by atoms with Crippen LogP contribution in [0.15, 0.2) is 6.07 Å². The van der Waals surface area contributed by atoms with E-state index >= 15 is 0 Å². The zero-order chi connectivity index (χ0) is 12.4. The van der Waals surface area contributed by atoms with E-state index in [1.54, 1.807) is 0 Å². The molecule has 1 aromatic rings. The number of benzene rings is 1. The van der Waals surface area contributed by atoms with Gasteiger partial charge in [0.15, 0.2) is 11.5 Å². The molecule has 4 heteroatoms. The van der Waals surface area contributed by atoms with Crippen LogP contribution in [0.2, 0.25) is 5.02 Å². The Kier molecular flexibility index (Phi) is 3.79. The summed E-state index contributed by atoms with van der Waals surface area (Å²) in [5, 5.41) is 13.8. The molecule has 0 spiro atoms. The average molecular weight is 256 g/mol. The fourth-order valence-corrected chi connectivity index (χ4v) is 2.68. The molecule has 0 saturated carbocycles. The molecular weight excluding hydrogens is 238 g/mol. The lowest BCUT2D eigenvalue weighted by atomic mass is 9.99. The summed E-state index contributed by atoms with van der Waals surface area (Å²) in [6, 6.07) is 2.31. The number of aryl methyl sites for hydroxylation is 1. The Morgan fingerprint density at radius 2 is 2.35 bits per heavy atom. The van der Waals surface area contributed by atoms with Crippen molar-refractivity contribution in [1.29, 1.82) is 0 Å². The fourth-order valence-electron chi connectivity index (χ4n) is 2.36. The lowest BCUT2D eigenvalue weighted by Crippen LogP contribution is -2.24. The van der Waals surface area contributed by atoms with Gasteiger partial charge >= 0.3 is 0 Å². The van der Waals surface area contributed by atoms with Crippen LogP contribution in [0.5, 0.6) is 11.5 Å². The van der Waals surface area contributed by atoms with Crippen molar-refractivity contribution in [2.45, 2.75) is 32.2 Å². The van der Waals surface area contributed by atoms with Gasteiger partial charge in [-0.3, -0.25) is 0 Å². The largest absolute Gasteiger partial charge is 0.503 e. The summed E-state index contributed by atoms with van der Waals surface area (Å²) < 4.78 is 5.08. The minimum Gasteiger partial charge on any atom is -0.503 e. The molecule has 1 fully saturated rings. The van der Waals surface area contributed by atoms with Gasteiger partial charge in [0.2, 0.25) is 0 Å². The summed E-state index contributed by atoms with van der Waals surface area (Å²) in [7, 11) is 1.53. The Balaban J connectivity index is 2.29. The molecule has 3 nitrogen and oxygen atoms in total. The number of aromatic hydroxyl groups is 1. The van der Waals surface area contributed by atoms with E-state index in [1.807, 2.05) is 13.0 Å².